The van der Waals surface area contributed by atoms with Gasteiger partial charge in [-0.05, 0) is 64.2 Å². The fourth-order valence-electron chi connectivity index (χ4n) is 3.78. The Bertz CT molecular complexity index is 490. The van der Waals surface area contributed by atoms with Gasteiger partial charge in [-0.1, -0.05) is 12.1 Å². The molecule has 2 nitrogen and oxygen atoms in total. The van der Waals surface area contributed by atoms with E-state index >= 15 is 0 Å². The van der Waals surface area contributed by atoms with E-state index in [1.54, 1.807) is 0 Å². The van der Waals surface area contributed by atoms with E-state index in [9.17, 15) is 0 Å². The third-order valence-corrected chi connectivity index (χ3v) is 4.55. The summed E-state index contributed by atoms with van der Waals surface area (Å²) < 4.78 is 6.23. The molecule has 2 heterocycles. The summed E-state index contributed by atoms with van der Waals surface area (Å²) in [5, 5.41) is 3.53. The van der Waals surface area contributed by atoms with E-state index in [-0.39, 0.29) is 11.2 Å². The molecule has 0 aliphatic carbocycles. The molecule has 1 fully saturated rings. The number of fused-ring (bicyclic) bond motifs is 1. The molecule has 0 bridgehead atoms. The highest BCUT2D eigenvalue weighted by molar-refractivity contribution is 5.55. The van der Waals surface area contributed by atoms with Crippen molar-refractivity contribution in [3.63, 3.8) is 0 Å². The Morgan fingerprint density at radius 3 is 2.68 bits per heavy atom. The van der Waals surface area contributed by atoms with Gasteiger partial charge in [0.2, 0.25) is 0 Å². The molecule has 0 spiro atoms. The van der Waals surface area contributed by atoms with Gasteiger partial charge in [0.15, 0.2) is 0 Å². The maximum absolute atomic E-state index is 6.23. The standard InChI is InChI=1S/C17H25NO/c1-16(2)11-14(17(3,4)19-16)13-8-7-12-6-5-9-18-15(12)10-13/h7-8,10,14,18H,5-6,9,11H2,1-4H3. The highest BCUT2D eigenvalue weighted by Crippen LogP contribution is 2.48. The van der Waals surface area contributed by atoms with E-state index in [0.29, 0.717) is 5.92 Å². The van der Waals surface area contributed by atoms with Gasteiger partial charge in [0.1, 0.15) is 0 Å². The van der Waals surface area contributed by atoms with E-state index in [1.807, 2.05) is 0 Å². The number of nitrogens with one attached hydrogen (secondary N) is 1. The average molecular weight is 259 g/mol. The predicted molar refractivity (Wildman–Crippen MR) is 79.9 cm³/mol. The predicted octanol–water partition coefficient (Wildman–Crippen LogP) is 4.11. The minimum Gasteiger partial charge on any atom is -0.385 e. The van der Waals surface area contributed by atoms with Gasteiger partial charge >= 0.3 is 0 Å². The van der Waals surface area contributed by atoms with Gasteiger partial charge in [-0.2, -0.15) is 0 Å². The molecule has 0 amide bonds. The van der Waals surface area contributed by atoms with Gasteiger partial charge in [-0.3, -0.25) is 0 Å². The lowest BCUT2D eigenvalue weighted by Gasteiger charge is -2.28. The van der Waals surface area contributed by atoms with Gasteiger partial charge in [0, 0.05) is 18.2 Å². The monoisotopic (exact) mass is 259 g/mol. The average Bonchev–Trinajstić information content (AvgIpc) is 2.57. The van der Waals surface area contributed by atoms with Crippen LogP contribution in [0.2, 0.25) is 0 Å². The van der Waals surface area contributed by atoms with Crippen molar-refractivity contribution in [1.82, 2.24) is 0 Å². The first kappa shape index (κ1) is 13.0. The molecular formula is C17H25NO. The summed E-state index contributed by atoms with van der Waals surface area (Å²) >= 11 is 0. The molecule has 1 saturated heterocycles. The first-order valence-electron chi connectivity index (χ1n) is 7.44. The summed E-state index contributed by atoms with van der Waals surface area (Å²) in [5.41, 5.74) is 4.13. The van der Waals surface area contributed by atoms with Gasteiger partial charge in [-0.25, -0.2) is 0 Å². The Morgan fingerprint density at radius 1 is 1.21 bits per heavy atom. The van der Waals surface area contributed by atoms with Crippen molar-refractivity contribution in [2.45, 2.75) is 64.1 Å². The summed E-state index contributed by atoms with van der Waals surface area (Å²) in [6.45, 7) is 9.95. The SMILES string of the molecule is CC1(C)CC(c2ccc3c(c2)NCCC3)C(C)(C)O1. The molecule has 2 heteroatoms. The topological polar surface area (TPSA) is 21.3 Å². The highest BCUT2D eigenvalue weighted by atomic mass is 16.5. The molecular weight excluding hydrogens is 234 g/mol. The number of hydrogen-bond donors (Lipinski definition) is 1. The molecule has 1 aromatic rings. The van der Waals surface area contributed by atoms with Crippen molar-refractivity contribution >= 4 is 5.69 Å². The molecule has 0 saturated carbocycles. The largest absolute Gasteiger partial charge is 0.385 e. The number of anilines is 1. The Morgan fingerprint density at radius 2 is 2.00 bits per heavy atom. The van der Waals surface area contributed by atoms with Crippen LogP contribution in [0, 0.1) is 0 Å². The van der Waals surface area contributed by atoms with Crippen molar-refractivity contribution in [1.29, 1.82) is 0 Å². The Kier molecular flexibility index (Phi) is 2.90. The third kappa shape index (κ3) is 2.38. The van der Waals surface area contributed by atoms with Crippen molar-refractivity contribution in [2.24, 2.45) is 0 Å². The van der Waals surface area contributed by atoms with Gasteiger partial charge < -0.3 is 10.1 Å². The minimum absolute atomic E-state index is 0.0164. The summed E-state index contributed by atoms with van der Waals surface area (Å²) in [7, 11) is 0. The number of hydrogen-bond acceptors (Lipinski definition) is 2. The quantitative estimate of drug-likeness (QED) is 0.819. The Balaban J connectivity index is 1.94. The summed E-state index contributed by atoms with van der Waals surface area (Å²) in [6, 6.07) is 6.97. The van der Waals surface area contributed by atoms with Gasteiger partial charge in [-0.15, -0.1) is 0 Å². The van der Waals surface area contributed by atoms with E-state index < -0.39 is 0 Å². The second-order valence-electron chi connectivity index (χ2n) is 7.17. The van der Waals surface area contributed by atoms with E-state index in [4.69, 9.17) is 4.74 Å². The molecule has 0 radical (unpaired) electrons. The summed E-state index contributed by atoms with van der Waals surface area (Å²) in [4.78, 5) is 0. The van der Waals surface area contributed by atoms with Crippen LogP contribution in [0.25, 0.3) is 0 Å². The van der Waals surface area contributed by atoms with Crippen molar-refractivity contribution in [3.8, 4) is 0 Å². The zero-order valence-electron chi connectivity index (χ0n) is 12.5. The normalized spacial score (nSPS) is 27.7. The molecule has 0 aromatic heterocycles. The molecule has 1 N–H and O–H groups in total. The lowest BCUT2D eigenvalue weighted by Crippen LogP contribution is -2.28. The van der Waals surface area contributed by atoms with Crippen LogP contribution in [0.15, 0.2) is 18.2 Å². The number of ether oxygens (including phenoxy) is 1. The first-order chi connectivity index (χ1) is 8.87. The van der Waals surface area contributed by atoms with Crippen LogP contribution < -0.4 is 5.32 Å². The van der Waals surface area contributed by atoms with Gasteiger partial charge in [0.05, 0.1) is 11.2 Å². The van der Waals surface area contributed by atoms with E-state index in [1.165, 1.54) is 29.7 Å². The van der Waals surface area contributed by atoms with Crippen LogP contribution >= 0.6 is 0 Å². The number of aryl methyl sites for hydroxylation is 1. The zero-order chi connectivity index (χ0) is 13.7. The highest BCUT2D eigenvalue weighted by Gasteiger charge is 2.46. The Labute approximate surface area is 116 Å². The van der Waals surface area contributed by atoms with Crippen molar-refractivity contribution in [3.05, 3.63) is 29.3 Å². The van der Waals surface area contributed by atoms with Crippen LogP contribution in [0.3, 0.4) is 0 Å². The first-order valence-corrected chi connectivity index (χ1v) is 7.44. The third-order valence-electron chi connectivity index (χ3n) is 4.55. The lowest BCUT2D eigenvalue weighted by atomic mass is 9.81. The van der Waals surface area contributed by atoms with Gasteiger partial charge in [0.25, 0.3) is 0 Å². The summed E-state index contributed by atoms with van der Waals surface area (Å²) in [6.07, 6.45) is 3.55. The Hall–Kier alpha value is -1.02. The van der Waals surface area contributed by atoms with E-state index in [2.05, 4.69) is 51.2 Å². The molecule has 104 valence electrons. The lowest BCUT2D eigenvalue weighted by molar-refractivity contribution is -0.0680. The number of benzene rings is 1. The second-order valence-corrected chi connectivity index (χ2v) is 7.17. The van der Waals surface area contributed by atoms with Crippen LogP contribution in [-0.4, -0.2) is 17.7 Å². The van der Waals surface area contributed by atoms with Crippen LogP contribution in [0.5, 0.6) is 0 Å². The van der Waals surface area contributed by atoms with Crippen LogP contribution in [0.4, 0.5) is 5.69 Å². The van der Waals surface area contributed by atoms with Crippen LogP contribution in [0.1, 0.15) is 57.6 Å². The van der Waals surface area contributed by atoms with Crippen molar-refractivity contribution in [2.75, 3.05) is 11.9 Å². The molecule has 19 heavy (non-hydrogen) atoms. The maximum atomic E-state index is 6.23. The molecule has 2 aliphatic rings. The molecule has 1 atom stereocenters. The fraction of sp³-hybridized carbons (Fsp3) is 0.647. The minimum atomic E-state index is -0.0770. The van der Waals surface area contributed by atoms with Crippen LogP contribution in [-0.2, 0) is 11.2 Å². The molecule has 1 unspecified atom stereocenters. The van der Waals surface area contributed by atoms with Crippen molar-refractivity contribution < 1.29 is 4.74 Å². The number of rotatable bonds is 1. The molecule has 1 aromatic carbocycles. The zero-order valence-corrected chi connectivity index (χ0v) is 12.5. The fourth-order valence-corrected chi connectivity index (χ4v) is 3.78. The molecule has 3 rings (SSSR count). The summed E-state index contributed by atoms with van der Waals surface area (Å²) in [5.74, 6) is 0.483. The maximum Gasteiger partial charge on any atom is 0.0703 e. The second kappa shape index (κ2) is 4.24. The smallest absolute Gasteiger partial charge is 0.0703 e. The van der Waals surface area contributed by atoms with E-state index in [0.717, 1.165) is 13.0 Å². The molecule has 2 aliphatic heterocycles.